The zero-order valence-corrected chi connectivity index (χ0v) is 15.1. The topological polar surface area (TPSA) is 57.7 Å². The molecule has 0 aliphatic carbocycles. The average Bonchev–Trinajstić information content (AvgIpc) is 3.15. The molecule has 0 aromatic heterocycles. The summed E-state index contributed by atoms with van der Waals surface area (Å²) >= 11 is 0. The Morgan fingerprint density at radius 1 is 1.15 bits per heavy atom. The minimum absolute atomic E-state index is 0.0619. The predicted molar refractivity (Wildman–Crippen MR) is 100 cm³/mol. The van der Waals surface area contributed by atoms with Crippen molar-refractivity contribution >= 4 is 28.9 Å². The Hall–Kier alpha value is -2.69. The highest BCUT2D eigenvalue weighted by atomic mass is 16.2. The number of rotatable bonds is 6. The minimum atomic E-state index is -0.314. The third kappa shape index (κ3) is 3.93. The highest BCUT2D eigenvalue weighted by Gasteiger charge is 2.28. The maximum absolute atomic E-state index is 12.4. The van der Waals surface area contributed by atoms with Crippen LogP contribution in [0.15, 0.2) is 42.5 Å². The van der Waals surface area contributed by atoms with Crippen molar-refractivity contribution in [3.8, 4) is 0 Å². The Bertz CT molecular complexity index is 813. The van der Waals surface area contributed by atoms with Gasteiger partial charge in [0.25, 0.3) is 0 Å². The van der Waals surface area contributed by atoms with Crippen molar-refractivity contribution in [3.05, 3.63) is 48.0 Å². The summed E-state index contributed by atoms with van der Waals surface area (Å²) in [6.45, 7) is 1.12. The Kier molecular flexibility index (Phi) is 5.66. The van der Waals surface area contributed by atoms with Crippen LogP contribution >= 0.6 is 0 Å². The molecule has 2 aromatic carbocycles. The standard InChI is InChI=1S/C21H24N2O3/c1-22(14-17-8-4-7-16-6-2-3-10-19(16)17)20(25)11-12-21(26)23-13-5-9-18(23)15-24/h2-4,6-8,10,15,18H,5,9,11-14H2,1H3/t18-/m0/s1. The normalized spacial score (nSPS) is 16.7. The van der Waals surface area contributed by atoms with Crippen LogP contribution in [0.4, 0.5) is 0 Å². The number of hydrogen-bond acceptors (Lipinski definition) is 3. The monoisotopic (exact) mass is 352 g/mol. The maximum atomic E-state index is 12.4. The van der Waals surface area contributed by atoms with Crippen LogP contribution in [0, 0.1) is 0 Å². The van der Waals surface area contributed by atoms with Gasteiger partial charge in [0.2, 0.25) is 11.8 Å². The van der Waals surface area contributed by atoms with E-state index in [1.165, 1.54) is 0 Å². The van der Waals surface area contributed by atoms with E-state index in [1.807, 2.05) is 24.3 Å². The largest absolute Gasteiger partial charge is 0.341 e. The van der Waals surface area contributed by atoms with Gasteiger partial charge in [-0.15, -0.1) is 0 Å². The number of hydrogen-bond donors (Lipinski definition) is 0. The van der Waals surface area contributed by atoms with E-state index in [0.717, 1.165) is 35.5 Å². The van der Waals surface area contributed by atoms with Crippen LogP contribution in [-0.2, 0) is 20.9 Å². The van der Waals surface area contributed by atoms with E-state index in [0.29, 0.717) is 13.1 Å². The molecule has 1 saturated heterocycles. The molecule has 5 nitrogen and oxygen atoms in total. The minimum Gasteiger partial charge on any atom is -0.341 e. The molecule has 3 rings (SSSR count). The lowest BCUT2D eigenvalue weighted by Gasteiger charge is -2.22. The summed E-state index contributed by atoms with van der Waals surface area (Å²) in [5, 5.41) is 2.28. The molecule has 0 bridgehead atoms. The quantitative estimate of drug-likeness (QED) is 0.751. The second kappa shape index (κ2) is 8.13. The van der Waals surface area contributed by atoms with Crippen molar-refractivity contribution in [1.82, 2.24) is 9.80 Å². The number of amides is 2. The molecule has 1 aliphatic rings. The van der Waals surface area contributed by atoms with Crippen LogP contribution in [0.5, 0.6) is 0 Å². The van der Waals surface area contributed by atoms with Gasteiger partial charge in [-0.25, -0.2) is 0 Å². The van der Waals surface area contributed by atoms with Gasteiger partial charge in [0.05, 0.1) is 6.04 Å². The SMILES string of the molecule is CN(Cc1cccc2ccccc12)C(=O)CCC(=O)N1CCC[C@H]1C=O. The fourth-order valence-corrected chi connectivity index (χ4v) is 3.57. The van der Waals surface area contributed by atoms with E-state index in [-0.39, 0.29) is 30.7 Å². The fourth-order valence-electron chi connectivity index (χ4n) is 3.57. The first-order valence-corrected chi connectivity index (χ1v) is 9.05. The van der Waals surface area contributed by atoms with Gasteiger partial charge < -0.3 is 14.6 Å². The molecular weight excluding hydrogens is 328 g/mol. The summed E-state index contributed by atoms with van der Waals surface area (Å²) in [4.78, 5) is 39.0. The third-order valence-electron chi connectivity index (χ3n) is 5.04. The molecule has 26 heavy (non-hydrogen) atoms. The molecule has 2 amide bonds. The van der Waals surface area contributed by atoms with Gasteiger partial charge in [0, 0.05) is 33.0 Å². The molecule has 0 unspecified atom stereocenters. The number of fused-ring (bicyclic) bond motifs is 1. The van der Waals surface area contributed by atoms with Crippen LogP contribution in [0.1, 0.15) is 31.2 Å². The van der Waals surface area contributed by atoms with E-state index in [9.17, 15) is 14.4 Å². The van der Waals surface area contributed by atoms with Gasteiger partial charge in [-0.1, -0.05) is 42.5 Å². The van der Waals surface area contributed by atoms with Gasteiger partial charge in [-0.05, 0) is 29.2 Å². The van der Waals surface area contributed by atoms with Gasteiger partial charge in [-0.2, -0.15) is 0 Å². The Labute approximate surface area is 153 Å². The van der Waals surface area contributed by atoms with Crippen molar-refractivity contribution in [2.45, 2.75) is 38.3 Å². The molecule has 0 saturated carbocycles. The third-order valence-corrected chi connectivity index (χ3v) is 5.04. The van der Waals surface area contributed by atoms with E-state index in [2.05, 4.69) is 18.2 Å². The molecule has 2 aromatic rings. The van der Waals surface area contributed by atoms with Crippen LogP contribution in [0.25, 0.3) is 10.8 Å². The number of carbonyl (C=O) groups excluding carboxylic acids is 3. The van der Waals surface area contributed by atoms with Crippen molar-refractivity contribution < 1.29 is 14.4 Å². The highest BCUT2D eigenvalue weighted by Crippen LogP contribution is 2.20. The maximum Gasteiger partial charge on any atom is 0.223 e. The molecule has 5 heteroatoms. The summed E-state index contributed by atoms with van der Waals surface area (Å²) in [6.07, 6.45) is 2.73. The first-order chi connectivity index (χ1) is 12.6. The van der Waals surface area contributed by atoms with Gasteiger partial charge in [0.1, 0.15) is 6.29 Å². The molecule has 0 spiro atoms. The lowest BCUT2D eigenvalue weighted by atomic mass is 10.0. The van der Waals surface area contributed by atoms with E-state index < -0.39 is 0 Å². The molecule has 1 aliphatic heterocycles. The van der Waals surface area contributed by atoms with E-state index in [1.54, 1.807) is 16.8 Å². The zero-order chi connectivity index (χ0) is 18.5. The van der Waals surface area contributed by atoms with Crippen LogP contribution < -0.4 is 0 Å². The summed E-state index contributed by atoms with van der Waals surface area (Å²) in [6, 6.07) is 13.9. The lowest BCUT2D eigenvalue weighted by molar-refractivity contribution is -0.138. The van der Waals surface area contributed by atoms with E-state index in [4.69, 9.17) is 0 Å². The van der Waals surface area contributed by atoms with Crippen LogP contribution in [-0.4, -0.2) is 47.5 Å². The molecule has 136 valence electrons. The predicted octanol–water partition coefficient (Wildman–Crippen LogP) is 2.77. The first kappa shape index (κ1) is 18.1. The van der Waals surface area contributed by atoms with Crippen LogP contribution in [0.2, 0.25) is 0 Å². The van der Waals surface area contributed by atoms with Crippen LogP contribution in [0.3, 0.4) is 0 Å². The number of aldehydes is 1. The van der Waals surface area contributed by atoms with Gasteiger partial charge in [-0.3, -0.25) is 9.59 Å². The second-order valence-corrected chi connectivity index (χ2v) is 6.82. The second-order valence-electron chi connectivity index (χ2n) is 6.82. The van der Waals surface area contributed by atoms with Gasteiger partial charge in [0.15, 0.2) is 0 Å². The molecule has 1 atom stereocenters. The van der Waals surface area contributed by atoms with Gasteiger partial charge >= 0.3 is 0 Å². The number of benzene rings is 2. The first-order valence-electron chi connectivity index (χ1n) is 9.05. The molecule has 0 N–H and O–H groups in total. The molecule has 1 heterocycles. The molecule has 0 radical (unpaired) electrons. The summed E-state index contributed by atoms with van der Waals surface area (Å²) in [5.74, 6) is -0.167. The number of carbonyl (C=O) groups is 3. The fraction of sp³-hybridized carbons (Fsp3) is 0.381. The molecular formula is C21H24N2O3. The number of likely N-dealkylation sites (tertiary alicyclic amines) is 1. The highest BCUT2D eigenvalue weighted by molar-refractivity contribution is 5.87. The Morgan fingerprint density at radius 2 is 1.92 bits per heavy atom. The zero-order valence-electron chi connectivity index (χ0n) is 15.1. The Morgan fingerprint density at radius 3 is 2.73 bits per heavy atom. The average molecular weight is 352 g/mol. The van der Waals surface area contributed by atoms with Crippen molar-refractivity contribution in [1.29, 1.82) is 0 Å². The van der Waals surface area contributed by atoms with Crippen molar-refractivity contribution in [2.24, 2.45) is 0 Å². The summed E-state index contributed by atoms with van der Waals surface area (Å²) < 4.78 is 0. The summed E-state index contributed by atoms with van der Waals surface area (Å²) in [7, 11) is 1.76. The molecule has 1 fully saturated rings. The number of nitrogens with zero attached hydrogens (tertiary/aromatic N) is 2. The Balaban J connectivity index is 1.58. The van der Waals surface area contributed by atoms with Crippen molar-refractivity contribution in [3.63, 3.8) is 0 Å². The smallest absolute Gasteiger partial charge is 0.223 e. The van der Waals surface area contributed by atoms with E-state index >= 15 is 0 Å². The lowest BCUT2D eigenvalue weighted by Crippen LogP contribution is -2.37. The summed E-state index contributed by atoms with van der Waals surface area (Å²) in [5.41, 5.74) is 1.09. The van der Waals surface area contributed by atoms with Crippen molar-refractivity contribution in [2.75, 3.05) is 13.6 Å².